The highest BCUT2D eigenvalue weighted by Crippen LogP contribution is 2.34. The lowest BCUT2D eigenvalue weighted by Gasteiger charge is -2.35. The molecule has 0 spiro atoms. The third-order valence-corrected chi connectivity index (χ3v) is 6.83. The fourth-order valence-corrected chi connectivity index (χ4v) is 5.24. The monoisotopic (exact) mass is 488 g/mol. The number of aromatic nitrogens is 2. The summed E-state index contributed by atoms with van der Waals surface area (Å²) < 4.78 is 13.3. The van der Waals surface area contributed by atoms with Gasteiger partial charge in [-0.3, -0.25) is 4.79 Å². The zero-order valence-electron chi connectivity index (χ0n) is 20.0. The van der Waals surface area contributed by atoms with E-state index in [1.807, 2.05) is 92.3 Å². The number of rotatable bonds is 5. The Labute approximate surface area is 209 Å². The van der Waals surface area contributed by atoms with E-state index in [0.29, 0.717) is 11.5 Å². The Bertz CT molecular complexity index is 1260. The Balaban J connectivity index is 1.48. The quantitative estimate of drug-likeness (QED) is 0.470. The molecule has 3 aromatic rings. The van der Waals surface area contributed by atoms with E-state index in [1.54, 1.807) is 0 Å². The Morgan fingerprint density at radius 3 is 2.49 bits per heavy atom. The number of aliphatic imine (C=N–C) groups is 1. The first-order valence-electron chi connectivity index (χ1n) is 11.8. The molecule has 7 nitrogen and oxygen atoms in total. The van der Waals surface area contributed by atoms with Crippen LogP contribution in [0.1, 0.15) is 26.3 Å². The molecule has 0 unspecified atom stereocenters. The summed E-state index contributed by atoms with van der Waals surface area (Å²) in [5.41, 5.74) is 3.54. The minimum atomic E-state index is -0.220. The summed E-state index contributed by atoms with van der Waals surface area (Å²) in [6.45, 7) is 8.11. The van der Waals surface area contributed by atoms with Gasteiger partial charge >= 0.3 is 0 Å². The SMILES string of the molecule is CCOc1ccc(-c2nn(-c3ccccc3)cc2/C=C2\SC(N3C[C@H](C)O[C@@H](C)C3)=NC2=O)cc1. The molecule has 0 radical (unpaired) electrons. The Hall–Kier alpha value is -3.36. The predicted octanol–water partition coefficient (Wildman–Crippen LogP) is 5.02. The molecular weight excluding hydrogens is 460 g/mol. The number of thioether (sulfide) groups is 1. The molecule has 0 saturated carbocycles. The molecule has 8 heteroatoms. The van der Waals surface area contributed by atoms with Gasteiger partial charge in [-0.2, -0.15) is 10.1 Å². The molecule has 2 aliphatic heterocycles. The highest BCUT2D eigenvalue weighted by Gasteiger charge is 2.31. The van der Waals surface area contributed by atoms with E-state index >= 15 is 0 Å². The maximum Gasteiger partial charge on any atom is 0.286 e. The lowest BCUT2D eigenvalue weighted by atomic mass is 10.1. The number of amides is 1. The molecule has 3 heterocycles. The number of ether oxygens (including phenoxy) is 2. The average Bonchev–Trinajstić information content (AvgIpc) is 3.44. The summed E-state index contributed by atoms with van der Waals surface area (Å²) in [7, 11) is 0. The van der Waals surface area contributed by atoms with Crippen LogP contribution in [-0.4, -0.2) is 57.7 Å². The Morgan fingerprint density at radius 2 is 1.80 bits per heavy atom. The lowest BCUT2D eigenvalue weighted by molar-refractivity contribution is -0.113. The van der Waals surface area contributed by atoms with Gasteiger partial charge in [0.2, 0.25) is 0 Å². The molecule has 5 rings (SSSR count). The second kappa shape index (κ2) is 10.1. The highest BCUT2D eigenvalue weighted by molar-refractivity contribution is 8.18. The van der Waals surface area contributed by atoms with E-state index in [9.17, 15) is 4.79 Å². The third-order valence-electron chi connectivity index (χ3n) is 5.79. The molecule has 1 aromatic heterocycles. The molecule has 1 fully saturated rings. The Morgan fingerprint density at radius 1 is 1.09 bits per heavy atom. The number of nitrogens with zero attached hydrogens (tertiary/aromatic N) is 4. The van der Waals surface area contributed by atoms with Gasteiger partial charge in [-0.25, -0.2) is 4.68 Å². The summed E-state index contributed by atoms with van der Waals surface area (Å²) in [6, 6.07) is 17.8. The van der Waals surface area contributed by atoms with Crippen molar-refractivity contribution >= 4 is 28.9 Å². The van der Waals surface area contributed by atoms with Crippen LogP contribution in [-0.2, 0) is 9.53 Å². The summed E-state index contributed by atoms with van der Waals surface area (Å²) in [5, 5.41) is 5.61. The van der Waals surface area contributed by atoms with Gasteiger partial charge in [-0.15, -0.1) is 0 Å². The molecule has 0 bridgehead atoms. The van der Waals surface area contributed by atoms with Crippen LogP contribution in [0.5, 0.6) is 5.75 Å². The van der Waals surface area contributed by atoms with Gasteiger partial charge < -0.3 is 14.4 Å². The lowest BCUT2D eigenvalue weighted by Crippen LogP contribution is -2.47. The number of hydrogen-bond donors (Lipinski definition) is 0. The molecule has 1 amide bonds. The van der Waals surface area contributed by atoms with Crippen LogP contribution >= 0.6 is 11.8 Å². The minimum Gasteiger partial charge on any atom is -0.494 e. The van der Waals surface area contributed by atoms with Gasteiger partial charge in [-0.1, -0.05) is 18.2 Å². The van der Waals surface area contributed by atoms with Gasteiger partial charge in [0, 0.05) is 30.4 Å². The van der Waals surface area contributed by atoms with Crippen molar-refractivity contribution in [1.29, 1.82) is 0 Å². The van der Waals surface area contributed by atoms with Gasteiger partial charge in [0.25, 0.3) is 5.91 Å². The van der Waals surface area contributed by atoms with Crippen LogP contribution in [0.15, 0.2) is 70.7 Å². The van der Waals surface area contributed by atoms with E-state index in [-0.39, 0.29) is 18.1 Å². The zero-order chi connectivity index (χ0) is 24.4. The van der Waals surface area contributed by atoms with Crippen molar-refractivity contribution in [2.75, 3.05) is 19.7 Å². The minimum absolute atomic E-state index is 0.0977. The second-order valence-corrected chi connectivity index (χ2v) is 9.65. The van der Waals surface area contributed by atoms with Crippen LogP contribution in [0.3, 0.4) is 0 Å². The molecule has 2 aromatic carbocycles. The molecule has 35 heavy (non-hydrogen) atoms. The topological polar surface area (TPSA) is 68.9 Å². The molecule has 2 aliphatic rings. The summed E-state index contributed by atoms with van der Waals surface area (Å²) >= 11 is 1.42. The van der Waals surface area contributed by atoms with Crippen molar-refractivity contribution in [2.45, 2.75) is 33.0 Å². The largest absolute Gasteiger partial charge is 0.494 e. The van der Waals surface area contributed by atoms with E-state index in [0.717, 1.165) is 46.5 Å². The van der Waals surface area contributed by atoms with E-state index < -0.39 is 0 Å². The number of morpholine rings is 1. The predicted molar refractivity (Wildman–Crippen MR) is 140 cm³/mol. The molecule has 2 atom stereocenters. The molecule has 0 N–H and O–H groups in total. The molecule has 180 valence electrons. The first-order chi connectivity index (χ1) is 17.0. The third kappa shape index (κ3) is 5.18. The molecule has 1 saturated heterocycles. The number of para-hydroxylation sites is 1. The van der Waals surface area contributed by atoms with Crippen molar-refractivity contribution in [3.63, 3.8) is 0 Å². The number of benzene rings is 2. The van der Waals surface area contributed by atoms with Crippen molar-refractivity contribution in [2.24, 2.45) is 4.99 Å². The number of carbonyl (C=O) groups is 1. The Kier molecular flexibility index (Phi) is 6.74. The number of carbonyl (C=O) groups excluding carboxylic acids is 1. The van der Waals surface area contributed by atoms with Crippen LogP contribution in [0, 0.1) is 0 Å². The van der Waals surface area contributed by atoms with Gasteiger partial charge in [-0.05, 0) is 75.0 Å². The van der Waals surface area contributed by atoms with Crippen molar-refractivity contribution < 1.29 is 14.3 Å². The maximum absolute atomic E-state index is 12.9. The first-order valence-corrected chi connectivity index (χ1v) is 12.6. The average molecular weight is 489 g/mol. The van der Waals surface area contributed by atoms with Crippen LogP contribution in [0.25, 0.3) is 23.0 Å². The number of hydrogen-bond acceptors (Lipinski definition) is 6. The van der Waals surface area contributed by atoms with Crippen molar-refractivity contribution in [3.8, 4) is 22.7 Å². The summed E-state index contributed by atoms with van der Waals surface area (Å²) in [5.74, 6) is 0.592. The van der Waals surface area contributed by atoms with Crippen molar-refractivity contribution in [1.82, 2.24) is 14.7 Å². The van der Waals surface area contributed by atoms with E-state index in [4.69, 9.17) is 14.6 Å². The first kappa shape index (κ1) is 23.4. The maximum atomic E-state index is 12.9. The molecule has 0 aliphatic carbocycles. The second-order valence-electron chi connectivity index (χ2n) is 8.64. The normalized spacial score (nSPS) is 21.5. The van der Waals surface area contributed by atoms with Crippen molar-refractivity contribution in [3.05, 3.63) is 71.3 Å². The van der Waals surface area contributed by atoms with Gasteiger partial charge in [0.05, 0.1) is 35.1 Å². The summed E-state index contributed by atoms with van der Waals surface area (Å²) in [6.07, 6.45) is 4.05. The van der Waals surface area contributed by atoms with Crippen LogP contribution in [0.4, 0.5) is 0 Å². The van der Waals surface area contributed by atoms with Crippen LogP contribution in [0.2, 0.25) is 0 Å². The van der Waals surface area contributed by atoms with E-state index in [1.165, 1.54) is 11.8 Å². The fraction of sp³-hybridized carbons (Fsp3) is 0.296. The van der Waals surface area contributed by atoms with Gasteiger partial charge in [0.1, 0.15) is 5.75 Å². The van der Waals surface area contributed by atoms with E-state index in [2.05, 4.69) is 9.89 Å². The summed E-state index contributed by atoms with van der Waals surface area (Å²) in [4.78, 5) is 19.9. The zero-order valence-corrected chi connectivity index (χ0v) is 20.9. The van der Waals surface area contributed by atoms with Gasteiger partial charge in [0.15, 0.2) is 5.17 Å². The fourth-order valence-electron chi connectivity index (χ4n) is 4.31. The standard InChI is InChI=1S/C27H28N4O3S/c1-4-33-23-12-10-20(11-13-23)25-21(17-31(29-25)22-8-6-5-7-9-22)14-24-26(32)28-27(35-24)30-15-18(2)34-19(3)16-30/h5-14,17-19H,4,15-16H2,1-3H3/b24-14-/t18-,19-/m0/s1. The number of amidine groups is 1. The highest BCUT2D eigenvalue weighted by atomic mass is 32.2. The smallest absolute Gasteiger partial charge is 0.286 e. The van der Waals surface area contributed by atoms with Crippen LogP contribution < -0.4 is 4.74 Å². The molecular formula is C27H28N4O3S.